The van der Waals surface area contributed by atoms with Crippen LogP contribution in [0.2, 0.25) is 0 Å². The number of para-hydroxylation sites is 2. The molecular formula is C25H14F6N2O6. The Balaban J connectivity index is 2.07. The molecule has 4 aromatic rings. The van der Waals surface area contributed by atoms with Gasteiger partial charge in [-0.3, -0.25) is 14.4 Å². The highest BCUT2D eigenvalue weighted by atomic mass is 19.4. The number of phenols is 2. The predicted octanol–water partition coefficient (Wildman–Crippen LogP) is 5.54. The first kappa shape index (κ1) is 27.0. The van der Waals surface area contributed by atoms with E-state index in [1.807, 2.05) is 0 Å². The zero-order valence-electron chi connectivity index (χ0n) is 19.1. The number of aromatic hydroxyl groups is 2. The van der Waals surface area contributed by atoms with E-state index in [9.17, 15) is 50.9 Å². The number of rotatable bonds is 4. The topological polar surface area (TPSA) is 129 Å². The van der Waals surface area contributed by atoms with E-state index < -0.39 is 69.4 Å². The Hall–Kier alpha value is -5.01. The Morgan fingerprint density at radius 1 is 0.718 bits per heavy atom. The van der Waals surface area contributed by atoms with Gasteiger partial charge in [-0.25, -0.2) is 0 Å². The lowest BCUT2D eigenvalue weighted by molar-refractivity contribution is -0.167. The van der Waals surface area contributed by atoms with E-state index in [-0.39, 0.29) is 16.5 Å². The van der Waals surface area contributed by atoms with Crippen molar-refractivity contribution in [1.82, 2.24) is 0 Å². The van der Waals surface area contributed by atoms with Crippen LogP contribution in [0.5, 0.6) is 11.5 Å². The van der Waals surface area contributed by atoms with E-state index >= 15 is 0 Å². The number of carbonyl (C=O) groups is 2. The highest BCUT2D eigenvalue weighted by Gasteiger charge is 2.40. The molecule has 4 N–H and O–H groups in total. The summed E-state index contributed by atoms with van der Waals surface area (Å²) in [6.07, 6.45) is -10.6. The summed E-state index contributed by atoms with van der Waals surface area (Å²) in [5.41, 5.74) is -3.82. The highest BCUT2D eigenvalue weighted by molar-refractivity contribution is 6.04. The SMILES string of the molecule is O=C(Nc1ccccc1-c1oc2c(O)c(O)ccc2c(=O)c1-c1ccccc1NC(=O)C(F)(F)F)C(F)(F)F. The lowest BCUT2D eigenvalue weighted by atomic mass is 9.96. The molecule has 0 radical (unpaired) electrons. The summed E-state index contributed by atoms with van der Waals surface area (Å²) < 4.78 is 83.5. The average Bonchev–Trinajstić information content (AvgIpc) is 2.86. The van der Waals surface area contributed by atoms with Gasteiger partial charge in [-0.1, -0.05) is 30.3 Å². The Labute approximate surface area is 213 Å². The van der Waals surface area contributed by atoms with E-state index in [2.05, 4.69) is 0 Å². The first-order valence-corrected chi connectivity index (χ1v) is 10.7. The van der Waals surface area contributed by atoms with Crippen molar-refractivity contribution >= 4 is 34.2 Å². The van der Waals surface area contributed by atoms with Gasteiger partial charge in [-0.15, -0.1) is 0 Å². The van der Waals surface area contributed by atoms with Crippen molar-refractivity contribution in [3.63, 3.8) is 0 Å². The molecule has 0 aliphatic heterocycles. The van der Waals surface area contributed by atoms with E-state index in [4.69, 9.17) is 4.42 Å². The zero-order valence-corrected chi connectivity index (χ0v) is 19.1. The van der Waals surface area contributed by atoms with Crippen LogP contribution in [0.3, 0.4) is 0 Å². The minimum atomic E-state index is -5.31. The molecule has 0 aliphatic carbocycles. The van der Waals surface area contributed by atoms with E-state index in [0.717, 1.165) is 36.4 Å². The Morgan fingerprint density at radius 3 is 1.74 bits per heavy atom. The Kier molecular flexibility index (Phi) is 6.73. The Morgan fingerprint density at radius 2 is 1.21 bits per heavy atom. The first-order chi connectivity index (χ1) is 18.2. The molecule has 0 saturated heterocycles. The lowest BCUT2D eigenvalue weighted by Crippen LogP contribution is -2.30. The molecule has 14 heteroatoms. The average molecular weight is 552 g/mol. The van der Waals surface area contributed by atoms with Gasteiger partial charge in [-0.05, 0) is 30.3 Å². The molecule has 8 nitrogen and oxygen atoms in total. The van der Waals surface area contributed by atoms with Crippen LogP contribution in [0, 0.1) is 0 Å². The van der Waals surface area contributed by atoms with Gasteiger partial charge in [-0.2, -0.15) is 26.3 Å². The fourth-order valence-corrected chi connectivity index (χ4v) is 3.65. The van der Waals surface area contributed by atoms with Crippen LogP contribution in [-0.2, 0) is 9.59 Å². The minimum absolute atomic E-state index is 0.328. The van der Waals surface area contributed by atoms with Gasteiger partial charge in [0.2, 0.25) is 11.2 Å². The van der Waals surface area contributed by atoms with Crippen LogP contribution in [0.4, 0.5) is 37.7 Å². The predicted molar refractivity (Wildman–Crippen MR) is 126 cm³/mol. The maximum absolute atomic E-state index is 13.7. The summed E-state index contributed by atoms with van der Waals surface area (Å²) in [5.74, 6) is -6.98. The molecule has 202 valence electrons. The quantitative estimate of drug-likeness (QED) is 0.194. The van der Waals surface area contributed by atoms with Crippen molar-refractivity contribution < 1.29 is 50.6 Å². The summed E-state index contributed by atoms with van der Waals surface area (Å²) in [4.78, 5) is 37.0. The molecule has 4 rings (SSSR count). The van der Waals surface area contributed by atoms with Crippen molar-refractivity contribution in [3.8, 4) is 33.9 Å². The molecule has 39 heavy (non-hydrogen) atoms. The van der Waals surface area contributed by atoms with Crippen molar-refractivity contribution in [2.24, 2.45) is 0 Å². The van der Waals surface area contributed by atoms with Crippen LogP contribution in [0.15, 0.2) is 69.9 Å². The Bertz CT molecular complexity index is 1680. The summed E-state index contributed by atoms with van der Waals surface area (Å²) in [5, 5.41) is 23.1. The number of fused-ring (bicyclic) bond motifs is 1. The first-order valence-electron chi connectivity index (χ1n) is 10.7. The molecule has 0 atom stereocenters. The number of phenolic OH excluding ortho intramolecular Hbond substituents is 2. The van der Waals surface area contributed by atoms with Crippen LogP contribution in [-0.4, -0.2) is 34.4 Å². The van der Waals surface area contributed by atoms with Crippen molar-refractivity contribution in [1.29, 1.82) is 0 Å². The number of benzene rings is 3. The molecule has 0 bridgehead atoms. The second-order valence-corrected chi connectivity index (χ2v) is 7.94. The van der Waals surface area contributed by atoms with Gasteiger partial charge in [0.05, 0.1) is 16.6 Å². The third-order valence-corrected chi connectivity index (χ3v) is 5.39. The number of halogens is 6. The molecule has 0 unspecified atom stereocenters. The van der Waals surface area contributed by atoms with Crippen LogP contribution in [0.1, 0.15) is 0 Å². The molecule has 2 amide bonds. The van der Waals surface area contributed by atoms with Gasteiger partial charge < -0.3 is 25.3 Å². The van der Waals surface area contributed by atoms with Gasteiger partial charge in [0, 0.05) is 16.8 Å². The number of hydrogen-bond acceptors (Lipinski definition) is 6. The molecule has 0 aliphatic rings. The lowest BCUT2D eigenvalue weighted by Gasteiger charge is -2.18. The molecule has 0 spiro atoms. The summed E-state index contributed by atoms with van der Waals surface area (Å²) in [6, 6.07) is 11.4. The normalized spacial score (nSPS) is 11.8. The number of carbonyl (C=O) groups excluding carboxylic acids is 2. The van der Waals surface area contributed by atoms with E-state index in [0.29, 0.717) is 0 Å². The molecular weight excluding hydrogens is 538 g/mol. The number of anilines is 2. The van der Waals surface area contributed by atoms with Crippen LogP contribution < -0.4 is 16.1 Å². The summed E-state index contributed by atoms with van der Waals surface area (Å²) >= 11 is 0. The zero-order chi connectivity index (χ0) is 28.7. The van der Waals surface area contributed by atoms with Gasteiger partial charge in [0.1, 0.15) is 5.76 Å². The van der Waals surface area contributed by atoms with Crippen LogP contribution >= 0.6 is 0 Å². The standard InChI is InChI=1S/C25H14F6N2O6/c26-24(27,28)22(37)32-14-7-3-1-5-11(14)17-18(35)13-9-10-16(34)19(36)21(13)39-20(17)12-6-2-4-8-15(12)33-23(38)25(29,30)31/h1-10,34,36H,(H,32,37)(H,33,38). The summed E-state index contributed by atoms with van der Waals surface area (Å²) in [6.45, 7) is 0. The largest absolute Gasteiger partial charge is 0.504 e. The monoisotopic (exact) mass is 552 g/mol. The minimum Gasteiger partial charge on any atom is -0.504 e. The molecule has 1 aromatic heterocycles. The van der Waals surface area contributed by atoms with Crippen molar-refractivity contribution in [2.45, 2.75) is 12.4 Å². The third-order valence-electron chi connectivity index (χ3n) is 5.39. The fourth-order valence-electron chi connectivity index (χ4n) is 3.65. The number of amides is 2. The van der Waals surface area contributed by atoms with E-state index in [1.54, 1.807) is 10.6 Å². The van der Waals surface area contributed by atoms with Crippen molar-refractivity contribution in [3.05, 3.63) is 70.9 Å². The third kappa shape index (κ3) is 5.21. The van der Waals surface area contributed by atoms with Crippen molar-refractivity contribution in [2.75, 3.05) is 10.6 Å². The number of nitrogens with one attached hydrogen (secondary N) is 2. The highest BCUT2D eigenvalue weighted by Crippen LogP contribution is 2.42. The second-order valence-electron chi connectivity index (χ2n) is 7.94. The van der Waals surface area contributed by atoms with E-state index in [1.165, 1.54) is 24.3 Å². The summed E-state index contributed by atoms with van der Waals surface area (Å²) in [7, 11) is 0. The maximum Gasteiger partial charge on any atom is 0.471 e. The van der Waals surface area contributed by atoms with Gasteiger partial charge >= 0.3 is 24.2 Å². The maximum atomic E-state index is 13.7. The fraction of sp³-hybridized carbons (Fsp3) is 0.0800. The van der Waals surface area contributed by atoms with Gasteiger partial charge in [0.25, 0.3) is 0 Å². The number of alkyl halides is 6. The molecule has 1 heterocycles. The molecule has 3 aromatic carbocycles. The number of hydrogen-bond donors (Lipinski definition) is 4. The molecule has 0 fully saturated rings. The smallest absolute Gasteiger partial charge is 0.471 e. The molecule has 0 saturated carbocycles. The second kappa shape index (κ2) is 9.70. The van der Waals surface area contributed by atoms with Crippen LogP contribution in [0.25, 0.3) is 33.4 Å². The van der Waals surface area contributed by atoms with Gasteiger partial charge in [0.15, 0.2) is 11.3 Å².